The minimum Gasteiger partial charge on any atom is -0.488 e. The molecular weight excluding hydrogens is 978 g/mol. The van der Waals surface area contributed by atoms with E-state index in [9.17, 15) is 25.2 Å². The lowest BCUT2D eigenvalue weighted by Crippen LogP contribution is -2.40. The smallest absolute Gasteiger partial charge is 0.257 e. The van der Waals surface area contributed by atoms with Gasteiger partial charge >= 0.3 is 0 Å². The van der Waals surface area contributed by atoms with Crippen molar-refractivity contribution in [2.45, 2.75) is 64.3 Å². The Hall–Kier alpha value is -6.62. The lowest BCUT2D eigenvalue weighted by molar-refractivity contribution is 0.0532. The Morgan fingerprint density at radius 2 is 1.01 bits per heavy atom. The number of ether oxygens (including phenoxy) is 4. The van der Waals surface area contributed by atoms with Crippen molar-refractivity contribution in [1.29, 1.82) is 10.5 Å². The molecule has 2 aliphatic heterocycles. The fraction of sp³-hybridized carbons (Fsp3) is 0.269. The summed E-state index contributed by atoms with van der Waals surface area (Å²) in [5.41, 5.74) is 4.87. The van der Waals surface area contributed by atoms with E-state index >= 15 is 0 Å². The summed E-state index contributed by atoms with van der Waals surface area (Å²) in [6.45, 7) is 1.57. The fourth-order valence-electron chi connectivity index (χ4n) is 8.04. The van der Waals surface area contributed by atoms with Gasteiger partial charge in [0, 0.05) is 109 Å². The van der Waals surface area contributed by atoms with E-state index in [2.05, 4.69) is 22.1 Å². The molecule has 18 heteroatoms. The second-order valence-electron chi connectivity index (χ2n) is 16.7. The van der Waals surface area contributed by atoms with Crippen molar-refractivity contribution in [3.8, 4) is 46.3 Å². The van der Waals surface area contributed by atoms with E-state index in [1.807, 2.05) is 30.3 Å². The first-order valence-corrected chi connectivity index (χ1v) is 23.8. The molecule has 2 amide bonds. The second kappa shape index (κ2) is 22.9. The number of hydrogen-bond donors (Lipinski definition) is 1. The highest BCUT2D eigenvalue weighted by atomic mass is 35.5. The zero-order valence-electron chi connectivity index (χ0n) is 37.5. The van der Waals surface area contributed by atoms with Crippen LogP contribution in [0.4, 0.5) is 0 Å². The maximum Gasteiger partial charge on any atom is 0.257 e. The van der Waals surface area contributed by atoms with Crippen LogP contribution in [0, 0.1) is 22.7 Å². The zero-order valence-corrected chi connectivity index (χ0v) is 40.5. The summed E-state index contributed by atoms with van der Waals surface area (Å²) >= 11 is 27.8. The molecule has 6 aromatic rings. The summed E-state index contributed by atoms with van der Waals surface area (Å²) in [6, 6.07) is 24.5. The molecule has 2 saturated heterocycles. The summed E-state index contributed by atoms with van der Waals surface area (Å²) in [6.07, 6.45) is 7.37. The van der Waals surface area contributed by atoms with Crippen LogP contribution in [0.3, 0.4) is 0 Å². The number of aliphatic hydroxyl groups is 1. The number of amides is 2. The molecule has 358 valence electrons. The molecule has 2 aromatic heterocycles. The molecule has 2 fully saturated rings. The predicted octanol–water partition coefficient (Wildman–Crippen LogP) is 9.74. The molecule has 0 saturated carbocycles. The number of piperidine rings is 2. The second-order valence-corrected chi connectivity index (χ2v) is 18.3. The average Bonchev–Trinajstić information content (AvgIpc) is 3.38. The third-order valence-electron chi connectivity index (χ3n) is 11.9. The number of nitrogens with zero attached hydrogens (tertiary/aromatic N) is 6. The summed E-state index contributed by atoms with van der Waals surface area (Å²) in [7, 11) is 0. The van der Waals surface area contributed by atoms with Gasteiger partial charge in [-0.3, -0.25) is 19.6 Å². The van der Waals surface area contributed by atoms with Gasteiger partial charge in [0.2, 0.25) is 0 Å². The summed E-state index contributed by atoms with van der Waals surface area (Å²) in [5.74, 6) is 0.306. The first kappa shape index (κ1) is 49.8. The number of pyridine rings is 2. The Morgan fingerprint density at radius 1 is 0.600 bits per heavy atom. The molecule has 4 heterocycles. The number of nitriles is 2. The van der Waals surface area contributed by atoms with Crippen molar-refractivity contribution >= 4 is 58.2 Å². The molecular formula is C52H45Cl4N6O8+. The van der Waals surface area contributed by atoms with Crippen molar-refractivity contribution in [3.05, 3.63) is 162 Å². The lowest BCUT2D eigenvalue weighted by Gasteiger charge is -2.30. The van der Waals surface area contributed by atoms with Gasteiger partial charge in [0.15, 0.2) is 6.10 Å². The highest BCUT2D eigenvalue weighted by Crippen LogP contribution is 2.41. The Labute approximate surface area is 424 Å². The minimum atomic E-state index is -0.474. The number of aromatic nitrogens is 2. The number of benzene rings is 4. The van der Waals surface area contributed by atoms with E-state index < -0.39 is 6.10 Å². The molecule has 0 spiro atoms. The predicted molar refractivity (Wildman–Crippen MR) is 264 cm³/mol. The number of carbonyl (C=O) groups is 2. The Morgan fingerprint density at radius 3 is 1.44 bits per heavy atom. The molecule has 3 N–H and O–H groups in total. The number of carbonyl (C=O) groups excluding carboxylic acids is 2. The lowest BCUT2D eigenvalue weighted by atomic mass is 10.0. The number of halogens is 4. The molecule has 0 bridgehead atoms. The van der Waals surface area contributed by atoms with E-state index in [4.69, 9.17) is 70.5 Å². The van der Waals surface area contributed by atoms with Crippen molar-refractivity contribution < 1.29 is 38.7 Å². The zero-order chi connectivity index (χ0) is 49.3. The Kier molecular flexibility index (Phi) is 16.3. The highest BCUT2D eigenvalue weighted by Gasteiger charge is 2.29. The van der Waals surface area contributed by atoms with Crippen LogP contribution in [0.2, 0.25) is 20.1 Å². The topological polar surface area (TPSA) is 194 Å². The van der Waals surface area contributed by atoms with Crippen molar-refractivity contribution in [1.82, 2.24) is 19.8 Å². The third-order valence-corrected chi connectivity index (χ3v) is 13.4. The summed E-state index contributed by atoms with van der Waals surface area (Å²) < 4.78 is 24.9. The third kappa shape index (κ3) is 11.9. The van der Waals surface area contributed by atoms with Crippen LogP contribution in [0.1, 0.15) is 79.8 Å². The van der Waals surface area contributed by atoms with Gasteiger partial charge in [0.25, 0.3) is 11.8 Å². The van der Waals surface area contributed by atoms with Crippen LogP contribution in [0.25, 0.3) is 11.1 Å². The molecule has 0 radical (unpaired) electrons. The van der Waals surface area contributed by atoms with Crippen molar-refractivity contribution in [2.24, 2.45) is 0 Å². The number of likely N-dealkylation sites (tertiary alicyclic amines) is 2. The minimum absolute atomic E-state index is 0.00306. The van der Waals surface area contributed by atoms with E-state index in [0.717, 1.165) is 0 Å². The quantitative estimate of drug-likeness (QED) is 0.0963. The number of rotatable bonds is 15. The van der Waals surface area contributed by atoms with Gasteiger partial charge in [-0.05, 0) is 37.1 Å². The van der Waals surface area contributed by atoms with Crippen molar-refractivity contribution in [3.63, 3.8) is 0 Å². The van der Waals surface area contributed by atoms with Gasteiger partial charge < -0.3 is 39.0 Å². The first-order valence-electron chi connectivity index (χ1n) is 22.3. The Balaban J connectivity index is 1.01. The fourth-order valence-corrected chi connectivity index (χ4v) is 9.04. The molecule has 14 nitrogen and oxygen atoms in total. The summed E-state index contributed by atoms with van der Waals surface area (Å²) in [4.78, 5) is 39.2. The van der Waals surface area contributed by atoms with Gasteiger partial charge in [-0.25, -0.2) is 0 Å². The molecule has 2 aliphatic rings. The van der Waals surface area contributed by atoms with Gasteiger partial charge in [-0.1, -0.05) is 82.8 Å². The Bertz CT molecular complexity index is 2800. The van der Waals surface area contributed by atoms with Crippen LogP contribution in [0.15, 0.2) is 97.6 Å². The van der Waals surface area contributed by atoms with Crippen LogP contribution in [-0.4, -0.2) is 80.2 Å². The van der Waals surface area contributed by atoms with Crippen LogP contribution < -0.4 is 18.9 Å². The van der Waals surface area contributed by atoms with Crippen LogP contribution in [0.5, 0.6) is 23.0 Å². The van der Waals surface area contributed by atoms with Gasteiger partial charge in [-0.15, -0.1) is 0 Å². The van der Waals surface area contributed by atoms with Gasteiger partial charge in [0.05, 0.1) is 48.4 Å². The van der Waals surface area contributed by atoms with Crippen LogP contribution in [-0.2, 0) is 26.4 Å². The van der Waals surface area contributed by atoms with E-state index in [1.54, 1.807) is 52.5 Å². The highest BCUT2D eigenvalue weighted by molar-refractivity contribution is 6.37. The van der Waals surface area contributed by atoms with Gasteiger partial charge in [-0.2, -0.15) is 10.5 Å². The molecule has 70 heavy (non-hydrogen) atoms. The average molecular weight is 1020 g/mol. The SMILES string of the molecule is N#Cc1cncc(COc2cc(OCc3cccc(-c4cccc(COc5cc(OCc6cncc(C#N)c6)c(C(=O)N6CCC([OH2+])CC6)cc5Cl)c4Cl)c3Cl)c(Cl)cc2C(=O)N2CCC(O)CC2)c1. The van der Waals surface area contributed by atoms with Crippen LogP contribution >= 0.6 is 46.4 Å². The molecule has 0 aliphatic carbocycles. The molecule has 4 aromatic carbocycles. The molecule has 0 atom stereocenters. The van der Waals surface area contributed by atoms with E-state index in [0.29, 0.717) is 106 Å². The maximum atomic E-state index is 13.8. The normalized spacial score (nSPS) is 14.1. The van der Waals surface area contributed by atoms with E-state index in [1.165, 1.54) is 24.5 Å². The summed E-state index contributed by atoms with van der Waals surface area (Å²) in [5, 5.41) is 38.0. The molecule has 8 rings (SSSR count). The molecule has 0 unspecified atom stereocenters. The first-order chi connectivity index (χ1) is 33.9. The van der Waals surface area contributed by atoms with Gasteiger partial charge in [0.1, 0.15) is 61.6 Å². The number of aliphatic hydroxyl groups excluding tert-OH is 1. The number of hydrogen-bond acceptors (Lipinski definition) is 11. The monoisotopic (exact) mass is 1020 g/mol. The standard InChI is InChI=1S/C52H44Cl4N6O8/c53-43-17-41(51(65)61-11-7-37(63)8-12-61)45(67-27-33-15-31(21-57)23-59-25-33)19-47(43)69-29-35-3-1-5-39(49(35)55)40-6-2-4-36(50(40)56)30-70-48-20-46(68-28-34-16-32(22-58)24-60-26-34)42(18-44(48)54)52(66)62-13-9-38(64)10-14-62/h1-6,15-20,23-26,37-38,63-64H,7-14,27-30H2/p+1. The maximum absolute atomic E-state index is 13.8. The largest absolute Gasteiger partial charge is 0.488 e. The van der Waals surface area contributed by atoms with E-state index in [-0.39, 0.29) is 88.5 Å². The van der Waals surface area contributed by atoms with Crippen molar-refractivity contribution in [2.75, 3.05) is 26.2 Å².